The lowest BCUT2D eigenvalue weighted by atomic mass is 10.1. The van der Waals surface area contributed by atoms with Crippen molar-refractivity contribution >= 4 is 10.0 Å². The first-order valence-electron chi connectivity index (χ1n) is 8.08. The van der Waals surface area contributed by atoms with E-state index in [1.807, 2.05) is 29.0 Å². The molecule has 27 heavy (non-hydrogen) atoms. The van der Waals surface area contributed by atoms with E-state index >= 15 is 0 Å². The van der Waals surface area contributed by atoms with Crippen molar-refractivity contribution < 1.29 is 8.42 Å². The fourth-order valence-corrected chi connectivity index (χ4v) is 3.82. The zero-order valence-corrected chi connectivity index (χ0v) is 15.7. The molecule has 3 aromatic rings. The van der Waals surface area contributed by atoms with Gasteiger partial charge in [-0.1, -0.05) is 24.3 Å². The van der Waals surface area contributed by atoms with Crippen molar-refractivity contribution in [3.8, 4) is 0 Å². The van der Waals surface area contributed by atoms with Gasteiger partial charge in [-0.25, -0.2) is 22.9 Å². The Labute approximate surface area is 155 Å². The average Bonchev–Trinajstić information content (AvgIpc) is 3.14. The van der Waals surface area contributed by atoms with Gasteiger partial charge in [0.05, 0.1) is 6.33 Å². The Morgan fingerprint density at radius 3 is 2.59 bits per heavy atom. The molecule has 10 heteroatoms. The van der Waals surface area contributed by atoms with E-state index in [-0.39, 0.29) is 6.54 Å². The Balaban J connectivity index is 1.80. The quantitative estimate of drug-likeness (QED) is 0.629. The molecule has 142 valence electrons. The minimum atomic E-state index is -4.07. The summed E-state index contributed by atoms with van der Waals surface area (Å²) in [6.07, 6.45) is 6.25. The maximum absolute atomic E-state index is 12.5. The number of sulfonamides is 1. The Bertz CT molecular complexity index is 1180. The largest absolute Gasteiger partial charge is 0.333 e. The van der Waals surface area contributed by atoms with Crippen molar-refractivity contribution in [2.45, 2.75) is 18.0 Å². The highest BCUT2D eigenvalue weighted by Crippen LogP contribution is 2.09. The highest BCUT2D eigenvalue weighted by molar-refractivity contribution is 7.89. The minimum absolute atomic E-state index is 0.0199. The first-order valence-corrected chi connectivity index (χ1v) is 9.56. The average molecular weight is 389 g/mol. The molecular formula is C17H19N5O4S. The van der Waals surface area contributed by atoms with Gasteiger partial charge < -0.3 is 9.13 Å². The predicted molar refractivity (Wildman–Crippen MR) is 98.7 cm³/mol. The maximum atomic E-state index is 12.5. The van der Waals surface area contributed by atoms with E-state index in [9.17, 15) is 18.0 Å². The number of benzene rings is 1. The van der Waals surface area contributed by atoms with Gasteiger partial charge >= 0.3 is 5.69 Å². The SMILES string of the molecule is Cn1cc(S(=O)(=O)NCc2cccc(Cn3ccnc3)c2)c(=O)n(C)c1=O. The second kappa shape index (κ2) is 7.33. The molecule has 0 saturated heterocycles. The van der Waals surface area contributed by atoms with Crippen molar-refractivity contribution in [1.29, 1.82) is 0 Å². The van der Waals surface area contributed by atoms with Gasteiger partial charge in [-0.15, -0.1) is 0 Å². The molecule has 0 spiro atoms. The third-order valence-electron chi connectivity index (χ3n) is 4.09. The summed E-state index contributed by atoms with van der Waals surface area (Å²) in [7, 11) is -1.44. The van der Waals surface area contributed by atoms with Gasteiger partial charge in [-0.05, 0) is 11.1 Å². The molecule has 0 amide bonds. The van der Waals surface area contributed by atoms with Crippen LogP contribution < -0.4 is 16.0 Å². The number of nitrogens with one attached hydrogen (secondary N) is 1. The first kappa shape index (κ1) is 18.8. The van der Waals surface area contributed by atoms with Crippen LogP contribution in [0, 0.1) is 0 Å². The lowest BCUT2D eigenvalue weighted by Gasteiger charge is -2.10. The van der Waals surface area contributed by atoms with Crippen LogP contribution in [0.4, 0.5) is 0 Å². The van der Waals surface area contributed by atoms with E-state index in [4.69, 9.17) is 0 Å². The highest BCUT2D eigenvalue weighted by Gasteiger charge is 2.21. The third kappa shape index (κ3) is 4.07. The van der Waals surface area contributed by atoms with Crippen LogP contribution in [0.5, 0.6) is 0 Å². The van der Waals surface area contributed by atoms with Crippen molar-refractivity contribution in [2.75, 3.05) is 0 Å². The van der Waals surface area contributed by atoms with E-state index in [0.717, 1.165) is 26.5 Å². The second-order valence-corrected chi connectivity index (χ2v) is 7.87. The number of aryl methyl sites for hydroxylation is 1. The molecule has 0 aliphatic carbocycles. The number of nitrogens with zero attached hydrogens (tertiary/aromatic N) is 4. The molecule has 0 radical (unpaired) electrons. The van der Waals surface area contributed by atoms with Crippen LogP contribution in [0.15, 0.2) is 63.7 Å². The highest BCUT2D eigenvalue weighted by atomic mass is 32.2. The molecule has 0 unspecified atom stereocenters. The fraction of sp³-hybridized carbons (Fsp3) is 0.235. The van der Waals surface area contributed by atoms with Crippen LogP contribution in [0.25, 0.3) is 0 Å². The predicted octanol–water partition coefficient (Wildman–Crippen LogP) is -0.193. The van der Waals surface area contributed by atoms with Gasteiger partial charge in [-0.2, -0.15) is 0 Å². The lowest BCUT2D eigenvalue weighted by molar-refractivity contribution is 0.570. The van der Waals surface area contributed by atoms with E-state index in [1.165, 1.54) is 14.1 Å². The molecule has 0 aliphatic heterocycles. The van der Waals surface area contributed by atoms with E-state index in [0.29, 0.717) is 6.54 Å². The third-order valence-corrected chi connectivity index (χ3v) is 5.47. The zero-order chi connectivity index (χ0) is 19.6. The monoisotopic (exact) mass is 389 g/mol. The van der Waals surface area contributed by atoms with E-state index in [1.54, 1.807) is 18.6 Å². The van der Waals surface area contributed by atoms with Crippen molar-refractivity contribution in [1.82, 2.24) is 23.4 Å². The Morgan fingerprint density at radius 2 is 1.89 bits per heavy atom. The van der Waals surface area contributed by atoms with Gasteiger partial charge in [0.25, 0.3) is 5.56 Å². The van der Waals surface area contributed by atoms with Crippen LogP contribution in [-0.2, 0) is 37.2 Å². The number of hydrogen-bond acceptors (Lipinski definition) is 5. The summed E-state index contributed by atoms with van der Waals surface area (Å²) in [6, 6.07) is 7.43. The molecule has 3 rings (SSSR count). The summed E-state index contributed by atoms with van der Waals surface area (Å²) >= 11 is 0. The number of imidazole rings is 1. The van der Waals surface area contributed by atoms with E-state index in [2.05, 4.69) is 9.71 Å². The summed E-state index contributed by atoms with van der Waals surface area (Å²) < 4.78 is 31.2. The molecule has 0 fully saturated rings. The van der Waals surface area contributed by atoms with E-state index < -0.39 is 26.2 Å². The summed E-state index contributed by atoms with van der Waals surface area (Å²) in [6.45, 7) is 0.633. The molecule has 0 bridgehead atoms. The van der Waals surface area contributed by atoms with Crippen molar-refractivity contribution in [2.24, 2.45) is 14.1 Å². The van der Waals surface area contributed by atoms with Gasteiger partial charge in [0.2, 0.25) is 10.0 Å². The van der Waals surface area contributed by atoms with Gasteiger partial charge in [0, 0.05) is 45.8 Å². The van der Waals surface area contributed by atoms with Crippen LogP contribution in [0.3, 0.4) is 0 Å². The summed E-state index contributed by atoms with van der Waals surface area (Å²) in [5, 5.41) is 0. The summed E-state index contributed by atoms with van der Waals surface area (Å²) in [4.78, 5) is 27.4. The number of rotatable bonds is 6. The molecule has 9 nitrogen and oxygen atoms in total. The Kier molecular flexibility index (Phi) is 5.10. The Morgan fingerprint density at radius 1 is 1.15 bits per heavy atom. The first-order chi connectivity index (χ1) is 12.8. The molecule has 0 aliphatic rings. The van der Waals surface area contributed by atoms with Gasteiger partial charge in [0.1, 0.15) is 0 Å². The molecule has 0 saturated carbocycles. The van der Waals surface area contributed by atoms with Crippen LogP contribution in [-0.4, -0.2) is 27.1 Å². The maximum Gasteiger partial charge on any atom is 0.330 e. The zero-order valence-electron chi connectivity index (χ0n) is 14.9. The molecule has 1 aromatic carbocycles. The smallest absolute Gasteiger partial charge is 0.330 e. The van der Waals surface area contributed by atoms with Crippen LogP contribution in [0.1, 0.15) is 11.1 Å². The standard InChI is InChI=1S/C17H19N5O4S/c1-20-11-15(16(23)21(2)17(20)24)27(25,26)19-9-13-4-3-5-14(8-13)10-22-7-6-18-12-22/h3-8,11-12,19H,9-10H2,1-2H3. The fourth-order valence-electron chi connectivity index (χ4n) is 2.64. The number of hydrogen-bond donors (Lipinski definition) is 1. The molecule has 2 heterocycles. The molecule has 2 aromatic heterocycles. The minimum Gasteiger partial charge on any atom is -0.333 e. The Hall–Kier alpha value is -2.98. The van der Waals surface area contributed by atoms with Gasteiger partial charge in [-0.3, -0.25) is 9.36 Å². The topological polar surface area (TPSA) is 108 Å². The molecular weight excluding hydrogens is 370 g/mol. The normalized spacial score (nSPS) is 11.6. The van der Waals surface area contributed by atoms with Crippen LogP contribution >= 0.6 is 0 Å². The summed E-state index contributed by atoms with van der Waals surface area (Å²) in [5.41, 5.74) is 0.283. The van der Waals surface area contributed by atoms with Crippen LogP contribution in [0.2, 0.25) is 0 Å². The lowest BCUT2D eigenvalue weighted by Crippen LogP contribution is -2.41. The number of aromatic nitrogens is 4. The summed E-state index contributed by atoms with van der Waals surface area (Å²) in [5.74, 6) is 0. The molecule has 0 atom stereocenters. The van der Waals surface area contributed by atoms with Crippen molar-refractivity contribution in [3.63, 3.8) is 0 Å². The molecule has 1 N–H and O–H groups in total. The van der Waals surface area contributed by atoms with Crippen molar-refractivity contribution in [3.05, 3.63) is 81.1 Å². The second-order valence-electron chi connectivity index (χ2n) is 6.13. The van der Waals surface area contributed by atoms with Gasteiger partial charge in [0.15, 0.2) is 4.90 Å².